The van der Waals surface area contributed by atoms with Crippen LogP contribution in [0.25, 0.3) is 27.7 Å². The van der Waals surface area contributed by atoms with E-state index in [1.807, 2.05) is 6.92 Å². The van der Waals surface area contributed by atoms with Crippen LogP contribution in [0.3, 0.4) is 0 Å². The number of ether oxygens (including phenoxy) is 1. The predicted octanol–water partition coefficient (Wildman–Crippen LogP) is 1.88. The van der Waals surface area contributed by atoms with Crippen molar-refractivity contribution in [3.8, 4) is 11.1 Å². The molecule has 8 nitrogen and oxygen atoms in total. The number of rotatable bonds is 4. The number of aryl methyl sites for hydroxylation is 1. The molecule has 0 saturated heterocycles. The number of nitrogens with zero attached hydrogens (tertiary/aromatic N) is 4. The Balaban J connectivity index is 1.88. The maximum atomic E-state index is 13.3. The Morgan fingerprint density at radius 3 is 2.71 bits per heavy atom. The molecule has 4 rings (SSSR count). The lowest BCUT2D eigenvalue weighted by atomic mass is 10.1. The molecule has 0 fully saturated rings. The average molecular weight is 381 g/mol. The van der Waals surface area contributed by atoms with E-state index in [0.29, 0.717) is 22.2 Å². The average Bonchev–Trinajstić information content (AvgIpc) is 3.01. The monoisotopic (exact) mass is 381 g/mol. The number of halogens is 1. The van der Waals surface area contributed by atoms with Gasteiger partial charge in [0.25, 0.3) is 11.5 Å². The van der Waals surface area contributed by atoms with Crippen molar-refractivity contribution in [1.29, 1.82) is 0 Å². The Hall–Kier alpha value is -3.59. The zero-order valence-corrected chi connectivity index (χ0v) is 15.1. The molecule has 0 unspecified atom stereocenters. The van der Waals surface area contributed by atoms with Gasteiger partial charge < -0.3 is 4.74 Å². The molecule has 3 aromatic heterocycles. The third-order valence-electron chi connectivity index (χ3n) is 4.34. The molecule has 1 N–H and O–H groups in total. The van der Waals surface area contributed by atoms with E-state index >= 15 is 0 Å². The van der Waals surface area contributed by atoms with Gasteiger partial charge in [-0.05, 0) is 30.7 Å². The number of carbonyl (C=O) groups is 1. The molecular formula is C19H16FN5O3. The SMILES string of the molecule is COCC(=O)Nn1ccc2c(cnc3c(-c4ccc(F)cc4)c(C)nn32)c1=O. The minimum absolute atomic E-state index is 0.166. The Morgan fingerprint density at radius 1 is 1.25 bits per heavy atom. The number of hydrogen-bond acceptors (Lipinski definition) is 5. The molecule has 1 amide bonds. The largest absolute Gasteiger partial charge is 0.375 e. The summed E-state index contributed by atoms with van der Waals surface area (Å²) in [5, 5.41) is 4.80. The van der Waals surface area contributed by atoms with Crippen LogP contribution >= 0.6 is 0 Å². The molecule has 1 aromatic carbocycles. The summed E-state index contributed by atoms with van der Waals surface area (Å²) in [6.07, 6.45) is 2.90. The van der Waals surface area contributed by atoms with Gasteiger partial charge in [-0.3, -0.25) is 15.0 Å². The van der Waals surface area contributed by atoms with Gasteiger partial charge in [0, 0.05) is 25.1 Å². The number of amides is 1. The van der Waals surface area contributed by atoms with Gasteiger partial charge in [0.2, 0.25) is 0 Å². The number of methoxy groups -OCH3 is 1. The zero-order valence-electron chi connectivity index (χ0n) is 15.1. The molecular weight excluding hydrogens is 365 g/mol. The number of aromatic nitrogens is 4. The first-order chi connectivity index (χ1) is 13.5. The molecule has 0 spiro atoms. The van der Waals surface area contributed by atoms with Gasteiger partial charge in [-0.15, -0.1) is 0 Å². The first-order valence-electron chi connectivity index (χ1n) is 8.44. The smallest absolute Gasteiger partial charge is 0.280 e. The lowest BCUT2D eigenvalue weighted by Crippen LogP contribution is -2.34. The van der Waals surface area contributed by atoms with Crippen LogP contribution in [-0.4, -0.2) is 38.9 Å². The van der Waals surface area contributed by atoms with Crippen molar-refractivity contribution in [2.75, 3.05) is 19.1 Å². The van der Waals surface area contributed by atoms with Crippen LogP contribution in [0, 0.1) is 12.7 Å². The Labute approximate surface area is 158 Å². The minimum Gasteiger partial charge on any atom is -0.375 e. The van der Waals surface area contributed by atoms with E-state index in [9.17, 15) is 14.0 Å². The van der Waals surface area contributed by atoms with Crippen LogP contribution in [0.15, 0.2) is 47.5 Å². The van der Waals surface area contributed by atoms with E-state index in [0.717, 1.165) is 15.8 Å². The third-order valence-corrected chi connectivity index (χ3v) is 4.34. The van der Waals surface area contributed by atoms with E-state index in [4.69, 9.17) is 4.74 Å². The lowest BCUT2D eigenvalue weighted by molar-refractivity contribution is -0.120. The number of pyridine rings is 1. The van der Waals surface area contributed by atoms with Crippen LogP contribution in [0.5, 0.6) is 0 Å². The summed E-state index contributed by atoms with van der Waals surface area (Å²) in [6.45, 7) is 1.66. The van der Waals surface area contributed by atoms with Crippen LogP contribution in [-0.2, 0) is 9.53 Å². The summed E-state index contributed by atoms with van der Waals surface area (Å²) < 4.78 is 20.7. The number of carbonyl (C=O) groups excluding carboxylic acids is 1. The summed E-state index contributed by atoms with van der Waals surface area (Å²) >= 11 is 0. The van der Waals surface area contributed by atoms with Crippen molar-refractivity contribution in [1.82, 2.24) is 19.3 Å². The quantitative estimate of drug-likeness (QED) is 0.583. The molecule has 3 heterocycles. The highest BCUT2D eigenvalue weighted by Crippen LogP contribution is 2.28. The zero-order chi connectivity index (χ0) is 19.8. The highest BCUT2D eigenvalue weighted by atomic mass is 19.1. The van der Waals surface area contributed by atoms with Crippen LogP contribution in [0.1, 0.15) is 5.69 Å². The van der Waals surface area contributed by atoms with Gasteiger partial charge in [0.1, 0.15) is 12.4 Å². The van der Waals surface area contributed by atoms with Crippen molar-refractivity contribution in [3.63, 3.8) is 0 Å². The number of benzene rings is 1. The second kappa shape index (κ2) is 6.86. The molecule has 4 aromatic rings. The fourth-order valence-electron chi connectivity index (χ4n) is 3.12. The van der Waals surface area contributed by atoms with Gasteiger partial charge in [-0.25, -0.2) is 18.6 Å². The Kier molecular flexibility index (Phi) is 4.36. The van der Waals surface area contributed by atoms with Crippen LogP contribution in [0.4, 0.5) is 4.39 Å². The third kappa shape index (κ3) is 2.91. The second-order valence-corrected chi connectivity index (χ2v) is 6.22. The van der Waals surface area contributed by atoms with Gasteiger partial charge in [-0.2, -0.15) is 5.10 Å². The Morgan fingerprint density at radius 2 is 2.00 bits per heavy atom. The maximum absolute atomic E-state index is 13.3. The molecule has 0 aliphatic rings. The molecule has 28 heavy (non-hydrogen) atoms. The van der Waals surface area contributed by atoms with Crippen molar-refractivity contribution in [3.05, 3.63) is 64.6 Å². The van der Waals surface area contributed by atoms with Gasteiger partial charge in [0.15, 0.2) is 5.65 Å². The van der Waals surface area contributed by atoms with Crippen LogP contribution in [0.2, 0.25) is 0 Å². The molecule has 0 bridgehead atoms. The second-order valence-electron chi connectivity index (χ2n) is 6.22. The van der Waals surface area contributed by atoms with Gasteiger partial charge in [-0.1, -0.05) is 12.1 Å². The van der Waals surface area contributed by atoms with Crippen molar-refractivity contribution >= 4 is 22.5 Å². The highest BCUT2D eigenvalue weighted by Gasteiger charge is 2.16. The van der Waals surface area contributed by atoms with E-state index in [-0.39, 0.29) is 12.4 Å². The van der Waals surface area contributed by atoms with Crippen molar-refractivity contribution in [2.24, 2.45) is 0 Å². The molecule has 142 valence electrons. The van der Waals surface area contributed by atoms with Crippen molar-refractivity contribution in [2.45, 2.75) is 6.92 Å². The summed E-state index contributed by atoms with van der Waals surface area (Å²) in [7, 11) is 1.39. The summed E-state index contributed by atoms with van der Waals surface area (Å²) in [6, 6.07) is 7.74. The topological polar surface area (TPSA) is 90.5 Å². The van der Waals surface area contributed by atoms with E-state index < -0.39 is 11.5 Å². The molecule has 0 aliphatic carbocycles. The summed E-state index contributed by atoms with van der Waals surface area (Å²) in [4.78, 5) is 28.8. The number of nitrogens with one attached hydrogen (secondary N) is 1. The predicted molar refractivity (Wildman–Crippen MR) is 101 cm³/mol. The molecule has 0 saturated carbocycles. The first kappa shape index (κ1) is 17.8. The van der Waals surface area contributed by atoms with E-state index in [1.54, 1.807) is 22.7 Å². The lowest BCUT2D eigenvalue weighted by Gasteiger charge is -2.09. The standard InChI is InChI=1S/C19H16FN5O3/c1-11-17(12-3-5-13(20)6-4-12)18-21-9-14-15(25(18)22-11)7-8-24(19(14)27)23-16(26)10-28-2/h3-9H,10H2,1-2H3,(H,23,26). The highest BCUT2D eigenvalue weighted by molar-refractivity contribution is 5.88. The molecule has 0 radical (unpaired) electrons. The fraction of sp³-hybridized carbons (Fsp3) is 0.158. The first-order valence-corrected chi connectivity index (χ1v) is 8.44. The van der Waals surface area contributed by atoms with E-state index in [2.05, 4.69) is 15.5 Å². The van der Waals surface area contributed by atoms with E-state index in [1.165, 1.54) is 31.6 Å². The summed E-state index contributed by atoms with van der Waals surface area (Å²) in [5.41, 5.74) is 5.35. The normalized spacial score (nSPS) is 11.2. The molecule has 9 heteroatoms. The van der Waals surface area contributed by atoms with Crippen molar-refractivity contribution < 1.29 is 13.9 Å². The fourth-order valence-corrected chi connectivity index (χ4v) is 3.12. The van der Waals surface area contributed by atoms with Gasteiger partial charge >= 0.3 is 0 Å². The molecule has 0 atom stereocenters. The maximum Gasteiger partial charge on any atom is 0.280 e. The molecule has 0 aliphatic heterocycles. The van der Waals surface area contributed by atoms with Crippen LogP contribution < -0.4 is 11.0 Å². The minimum atomic E-state index is -0.452. The number of hydrogen-bond donors (Lipinski definition) is 1. The summed E-state index contributed by atoms with van der Waals surface area (Å²) in [5.74, 6) is -0.779. The van der Waals surface area contributed by atoms with Gasteiger partial charge in [0.05, 0.1) is 16.6 Å². The number of fused-ring (bicyclic) bond motifs is 3. The Bertz CT molecular complexity index is 1260.